The molecule has 0 unspecified atom stereocenters. The molecule has 0 bridgehead atoms. The number of nitrogens with one attached hydrogen (secondary N) is 6. The zero-order valence-electron chi connectivity index (χ0n) is 35.9. The van der Waals surface area contributed by atoms with Gasteiger partial charge in [-0.05, 0) is 60.2 Å². The van der Waals surface area contributed by atoms with Gasteiger partial charge in [-0.2, -0.15) is 0 Å². The van der Waals surface area contributed by atoms with E-state index in [2.05, 4.69) is 31.9 Å². The van der Waals surface area contributed by atoms with Crippen LogP contribution in [0.3, 0.4) is 0 Å². The quantitative estimate of drug-likeness (QED) is 0.0517. The van der Waals surface area contributed by atoms with Crippen LogP contribution >= 0.6 is 0 Å². The van der Waals surface area contributed by atoms with Crippen molar-refractivity contribution in [3.63, 3.8) is 0 Å². The maximum atomic E-state index is 13.6. The highest BCUT2D eigenvalue weighted by atomic mass is 16.4. The van der Waals surface area contributed by atoms with Crippen LogP contribution < -0.4 is 37.6 Å². The van der Waals surface area contributed by atoms with Crippen LogP contribution in [0.15, 0.2) is 84.9 Å². The number of hydrogen-bond donors (Lipinski definition) is 12. The molecule has 0 radical (unpaired) electrons. The predicted molar refractivity (Wildman–Crippen MR) is 235 cm³/mol. The van der Waals surface area contributed by atoms with E-state index < -0.39 is 96.8 Å². The maximum absolute atomic E-state index is 13.6. The van der Waals surface area contributed by atoms with E-state index in [4.69, 9.17) is 5.73 Å². The number of carboxylic acids is 1. The molecule has 0 heterocycles. The fourth-order valence-corrected chi connectivity index (χ4v) is 6.11. The average molecular weight is 890 g/mol. The molecule has 0 saturated heterocycles. The van der Waals surface area contributed by atoms with E-state index in [-0.39, 0.29) is 43.2 Å². The number of aliphatic hydroxyl groups is 2. The number of nitrogens with two attached hydrogens (primary N) is 1. The van der Waals surface area contributed by atoms with Crippen molar-refractivity contribution in [2.45, 2.75) is 82.8 Å². The number of carbonyl (C=O) groups excluding carboxylic acids is 6. The van der Waals surface area contributed by atoms with Gasteiger partial charge in [0.1, 0.15) is 35.7 Å². The third-order valence-electron chi connectivity index (χ3n) is 10.1. The molecular weight excluding hydrogens is 831 g/mol. The van der Waals surface area contributed by atoms with Crippen LogP contribution in [-0.4, -0.2) is 123 Å². The SMILES string of the molecule is C[C@H](CNC(=O)CNC(=O)[C@@H](Cc1ccc(O)cc1)NC(=O)[C@@H](NC(=O)[C@@H](CO)NC(=O)C[C@@H](N)[C@@H](C)C/C=C/c1ccccc1)[C@@H](C)O)C(=O)N[C@H](Cc1ccc(O)cc1)C(=O)O. The third-order valence-corrected chi connectivity index (χ3v) is 10.1. The number of allylic oxidation sites excluding steroid dienone is 1. The number of aliphatic hydroxyl groups excluding tert-OH is 2. The Morgan fingerprint density at radius 3 is 1.77 bits per heavy atom. The second-order valence-corrected chi connectivity index (χ2v) is 15.5. The molecule has 64 heavy (non-hydrogen) atoms. The van der Waals surface area contributed by atoms with E-state index in [1.165, 1.54) is 62.4 Å². The summed E-state index contributed by atoms with van der Waals surface area (Å²) in [7, 11) is 0. The van der Waals surface area contributed by atoms with E-state index in [1.54, 1.807) is 0 Å². The average Bonchev–Trinajstić information content (AvgIpc) is 3.26. The Kier molecular flexibility index (Phi) is 20.9. The number of hydrogen-bond acceptors (Lipinski definition) is 12. The van der Waals surface area contributed by atoms with Crippen molar-refractivity contribution < 1.29 is 59.1 Å². The Morgan fingerprint density at radius 2 is 1.22 bits per heavy atom. The highest BCUT2D eigenvalue weighted by molar-refractivity contribution is 5.95. The second kappa shape index (κ2) is 25.9. The summed E-state index contributed by atoms with van der Waals surface area (Å²) in [5.41, 5.74) is 8.28. The molecular formula is C45H59N7O12. The zero-order chi connectivity index (χ0) is 47.3. The van der Waals surface area contributed by atoms with Crippen molar-refractivity contribution >= 4 is 47.5 Å². The lowest BCUT2D eigenvalue weighted by molar-refractivity contribution is -0.142. The van der Waals surface area contributed by atoms with Crippen LogP contribution in [-0.2, 0) is 46.4 Å². The van der Waals surface area contributed by atoms with Gasteiger partial charge < -0.3 is 63.2 Å². The predicted octanol–water partition coefficient (Wildman–Crippen LogP) is -0.395. The Hall–Kier alpha value is -6.83. The van der Waals surface area contributed by atoms with Gasteiger partial charge in [0.2, 0.25) is 35.4 Å². The Labute approximate surface area is 370 Å². The summed E-state index contributed by atoms with van der Waals surface area (Å²) in [6.45, 7) is 2.81. The fraction of sp³-hybridized carbons (Fsp3) is 0.400. The van der Waals surface area contributed by atoms with Crippen molar-refractivity contribution in [1.29, 1.82) is 0 Å². The highest BCUT2D eigenvalue weighted by Crippen LogP contribution is 2.15. The van der Waals surface area contributed by atoms with Gasteiger partial charge in [-0.25, -0.2) is 4.79 Å². The van der Waals surface area contributed by atoms with Crippen LogP contribution in [0.25, 0.3) is 6.08 Å². The van der Waals surface area contributed by atoms with Crippen molar-refractivity contribution in [3.05, 3.63) is 102 Å². The van der Waals surface area contributed by atoms with Crippen molar-refractivity contribution in [2.24, 2.45) is 17.6 Å². The van der Waals surface area contributed by atoms with Gasteiger partial charge in [0.05, 0.1) is 25.2 Å². The molecule has 6 amide bonds. The number of phenols is 2. The van der Waals surface area contributed by atoms with Gasteiger partial charge in [0.15, 0.2) is 0 Å². The minimum atomic E-state index is -1.69. The summed E-state index contributed by atoms with van der Waals surface area (Å²) in [6.07, 6.45) is 2.48. The molecule has 0 saturated carbocycles. The number of amides is 6. The largest absolute Gasteiger partial charge is 0.508 e. The van der Waals surface area contributed by atoms with Gasteiger partial charge in [0, 0.05) is 31.8 Å². The number of carboxylic acid groups (broad SMARTS) is 1. The summed E-state index contributed by atoms with van der Waals surface area (Å²) in [5.74, 6) is -7.33. The third kappa shape index (κ3) is 17.9. The Morgan fingerprint density at radius 1 is 0.656 bits per heavy atom. The van der Waals surface area contributed by atoms with Gasteiger partial charge >= 0.3 is 5.97 Å². The Balaban J connectivity index is 1.58. The molecule has 0 aromatic heterocycles. The minimum Gasteiger partial charge on any atom is -0.508 e. The molecule has 13 N–H and O–H groups in total. The lowest BCUT2D eigenvalue weighted by Crippen LogP contribution is -2.60. The first kappa shape index (κ1) is 51.5. The first-order valence-corrected chi connectivity index (χ1v) is 20.7. The molecule has 19 heteroatoms. The summed E-state index contributed by atoms with van der Waals surface area (Å²) >= 11 is 0. The number of phenolic OH excluding ortho intramolecular Hbond substituents is 2. The van der Waals surface area contributed by atoms with Crippen LogP contribution in [0.4, 0.5) is 0 Å². The second-order valence-electron chi connectivity index (χ2n) is 15.5. The lowest BCUT2D eigenvalue weighted by atomic mass is 9.95. The van der Waals surface area contributed by atoms with E-state index in [1.807, 2.05) is 49.4 Å². The minimum absolute atomic E-state index is 0.00678. The van der Waals surface area contributed by atoms with E-state index in [0.29, 0.717) is 17.5 Å². The zero-order valence-corrected chi connectivity index (χ0v) is 35.9. The lowest BCUT2D eigenvalue weighted by Gasteiger charge is -2.26. The number of rotatable bonds is 25. The molecule has 346 valence electrons. The fourth-order valence-electron chi connectivity index (χ4n) is 6.11. The summed E-state index contributed by atoms with van der Waals surface area (Å²) in [4.78, 5) is 90.5. The monoisotopic (exact) mass is 889 g/mol. The molecule has 3 aromatic rings. The van der Waals surface area contributed by atoms with Crippen LogP contribution in [0.1, 0.15) is 50.3 Å². The summed E-state index contributed by atoms with van der Waals surface area (Å²) in [5, 5.41) is 63.8. The normalized spacial score (nSPS) is 14.9. The number of benzene rings is 3. The molecule has 8 atom stereocenters. The first-order chi connectivity index (χ1) is 30.4. The van der Waals surface area contributed by atoms with E-state index in [0.717, 1.165) is 5.56 Å². The molecule has 0 aliphatic rings. The molecule has 0 aliphatic heterocycles. The van der Waals surface area contributed by atoms with Crippen molar-refractivity contribution in [1.82, 2.24) is 31.9 Å². The molecule has 3 rings (SSSR count). The molecule has 0 fully saturated rings. The van der Waals surface area contributed by atoms with E-state index in [9.17, 15) is 59.1 Å². The van der Waals surface area contributed by atoms with Crippen LogP contribution in [0.5, 0.6) is 11.5 Å². The maximum Gasteiger partial charge on any atom is 0.326 e. The summed E-state index contributed by atoms with van der Waals surface area (Å²) < 4.78 is 0. The van der Waals surface area contributed by atoms with Crippen molar-refractivity contribution in [3.8, 4) is 11.5 Å². The van der Waals surface area contributed by atoms with Gasteiger partial charge in [-0.1, -0.05) is 80.6 Å². The number of aromatic hydroxyl groups is 2. The smallest absolute Gasteiger partial charge is 0.326 e. The highest BCUT2D eigenvalue weighted by Gasteiger charge is 2.33. The Bertz CT molecular complexity index is 2050. The first-order valence-electron chi connectivity index (χ1n) is 20.7. The van der Waals surface area contributed by atoms with Crippen LogP contribution in [0, 0.1) is 11.8 Å². The molecule has 0 aliphatic carbocycles. The number of carbonyl (C=O) groups is 7. The van der Waals surface area contributed by atoms with Gasteiger partial charge in [-0.3, -0.25) is 28.8 Å². The topological polar surface area (TPSA) is 319 Å². The van der Waals surface area contributed by atoms with Gasteiger partial charge in [-0.15, -0.1) is 0 Å². The standard InChI is InChI=1S/C45H59N7O12/c1-26(8-7-11-29-9-5-4-6-10-29)34(46)22-38(57)49-37(25-53)43(61)52-40(28(3)54)44(62)50-35(20-30-12-16-32(55)17-13-30)42(60)48-24-39(58)47-23-27(2)41(59)51-36(45(63)64)21-31-14-18-33(56)19-15-31/h4-7,9-19,26-28,34-37,40,53-56H,8,20-25,46H2,1-3H3,(H,47,58)(H,48,60)(H,49,57)(H,50,62)(H,51,59)(H,52,61)(H,63,64)/b11-7+/t26-,27+,28+,34+,35+,36+,37+,40-/m0/s1. The molecule has 0 spiro atoms. The molecule has 19 nitrogen and oxygen atoms in total. The van der Waals surface area contributed by atoms with Crippen LogP contribution in [0.2, 0.25) is 0 Å². The number of aliphatic carboxylic acids is 1. The van der Waals surface area contributed by atoms with E-state index >= 15 is 0 Å². The summed E-state index contributed by atoms with van der Waals surface area (Å²) in [6, 6.07) is 14.6. The molecule has 3 aromatic carbocycles. The van der Waals surface area contributed by atoms with Crippen molar-refractivity contribution in [2.75, 3.05) is 19.7 Å². The van der Waals surface area contributed by atoms with Gasteiger partial charge in [0.25, 0.3) is 0 Å².